The molecule has 1 aromatic rings. The number of methoxy groups -OCH3 is 1. The summed E-state index contributed by atoms with van der Waals surface area (Å²) in [7, 11) is 1.23. The average Bonchev–Trinajstić information content (AvgIpc) is 2.59. The standard InChI is InChI=1S/C18H21ClFNO5/c1-11(2)8-15(18(24)25-3)21-16(22)10-26-17(23)7-5-12-4-6-14(20)13(19)9-12/h4-7,9,11,15H,8,10H2,1-3H3,(H,21,22)/b7-5+/t15-/m1/s1. The van der Waals surface area contributed by atoms with Gasteiger partial charge in [-0.1, -0.05) is 31.5 Å². The molecule has 0 bridgehead atoms. The van der Waals surface area contributed by atoms with E-state index in [2.05, 4.69) is 10.1 Å². The molecule has 1 amide bonds. The van der Waals surface area contributed by atoms with E-state index in [1.807, 2.05) is 13.8 Å². The number of halogens is 2. The summed E-state index contributed by atoms with van der Waals surface area (Å²) in [6.45, 7) is 3.25. The Balaban J connectivity index is 2.52. The fourth-order valence-electron chi connectivity index (χ4n) is 2.03. The van der Waals surface area contributed by atoms with Crippen molar-refractivity contribution in [2.45, 2.75) is 26.3 Å². The van der Waals surface area contributed by atoms with Gasteiger partial charge in [-0.2, -0.15) is 0 Å². The highest BCUT2D eigenvalue weighted by Gasteiger charge is 2.22. The van der Waals surface area contributed by atoms with Gasteiger partial charge in [0.05, 0.1) is 12.1 Å². The molecule has 6 nitrogen and oxygen atoms in total. The molecule has 1 aromatic carbocycles. The summed E-state index contributed by atoms with van der Waals surface area (Å²) in [5, 5.41) is 2.40. The zero-order valence-corrected chi connectivity index (χ0v) is 15.5. The highest BCUT2D eigenvalue weighted by Crippen LogP contribution is 2.16. The zero-order valence-electron chi connectivity index (χ0n) is 14.8. The maximum absolute atomic E-state index is 13.0. The molecule has 0 saturated heterocycles. The fourth-order valence-corrected chi connectivity index (χ4v) is 2.22. The van der Waals surface area contributed by atoms with Crippen molar-refractivity contribution < 1.29 is 28.2 Å². The maximum atomic E-state index is 13.0. The number of nitrogens with one attached hydrogen (secondary N) is 1. The molecule has 0 spiro atoms. The van der Waals surface area contributed by atoms with Crippen LogP contribution in [0.15, 0.2) is 24.3 Å². The smallest absolute Gasteiger partial charge is 0.331 e. The SMILES string of the molecule is COC(=O)[C@@H](CC(C)C)NC(=O)COC(=O)/C=C/c1ccc(F)c(Cl)c1. The van der Waals surface area contributed by atoms with Crippen molar-refractivity contribution in [2.24, 2.45) is 5.92 Å². The highest BCUT2D eigenvalue weighted by molar-refractivity contribution is 6.30. The van der Waals surface area contributed by atoms with Gasteiger partial charge in [-0.15, -0.1) is 0 Å². The van der Waals surface area contributed by atoms with Crippen LogP contribution in [0.2, 0.25) is 5.02 Å². The van der Waals surface area contributed by atoms with E-state index >= 15 is 0 Å². The van der Waals surface area contributed by atoms with Crippen LogP contribution in [0.1, 0.15) is 25.8 Å². The van der Waals surface area contributed by atoms with Gasteiger partial charge in [0.2, 0.25) is 0 Å². The van der Waals surface area contributed by atoms with Gasteiger partial charge in [0.15, 0.2) is 6.61 Å². The predicted molar refractivity (Wildman–Crippen MR) is 94.8 cm³/mol. The van der Waals surface area contributed by atoms with Gasteiger partial charge in [-0.3, -0.25) is 4.79 Å². The van der Waals surface area contributed by atoms with Crippen molar-refractivity contribution >= 4 is 35.5 Å². The Morgan fingerprint density at radius 2 is 2.00 bits per heavy atom. The van der Waals surface area contributed by atoms with E-state index in [1.165, 1.54) is 31.4 Å². The van der Waals surface area contributed by atoms with E-state index in [0.717, 1.165) is 6.08 Å². The first-order valence-electron chi connectivity index (χ1n) is 7.90. The Hall–Kier alpha value is -2.41. The second kappa shape index (κ2) is 10.6. The minimum absolute atomic E-state index is 0.0705. The second-order valence-electron chi connectivity index (χ2n) is 5.89. The molecule has 1 rings (SSSR count). The molecule has 0 aliphatic heterocycles. The molecule has 0 fully saturated rings. The van der Waals surface area contributed by atoms with Gasteiger partial charge in [0.1, 0.15) is 11.9 Å². The lowest BCUT2D eigenvalue weighted by atomic mass is 10.0. The number of carbonyl (C=O) groups is 3. The molecule has 0 saturated carbocycles. The van der Waals surface area contributed by atoms with Crippen molar-refractivity contribution in [3.05, 3.63) is 40.7 Å². The van der Waals surface area contributed by atoms with Gasteiger partial charge in [-0.25, -0.2) is 14.0 Å². The third-order valence-electron chi connectivity index (χ3n) is 3.23. The number of carbonyl (C=O) groups excluding carboxylic acids is 3. The van der Waals surface area contributed by atoms with Crippen LogP contribution in [-0.2, 0) is 23.9 Å². The number of rotatable bonds is 8. The Morgan fingerprint density at radius 1 is 1.31 bits per heavy atom. The van der Waals surface area contributed by atoms with Gasteiger partial charge in [0.25, 0.3) is 5.91 Å². The molecule has 1 N–H and O–H groups in total. The quantitative estimate of drug-likeness (QED) is 0.549. The summed E-state index contributed by atoms with van der Waals surface area (Å²) in [5.41, 5.74) is 0.500. The molecule has 0 radical (unpaired) electrons. The van der Waals surface area contributed by atoms with Crippen LogP contribution in [0.3, 0.4) is 0 Å². The van der Waals surface area contributed by atoms with E-state index < -0.39 is 36.3 Å². The Morgan fingerprint density at radius 3 is 2.58 bits per heavy atom. The minimum Gasteiger partial charge on any atom is -0.467 e. The van der Waals surface area contributed by atoms with Crippen LogP contribution in [0.4, 0.5) is 4.39 Å². The predicted octanol–water partition coefficient (Wildman–Crippen LogP) is 2.74. The molecule has 0 aliphatic carbocycles. The fraction of sp³-hybridized carbons (Fsp3) is 0.389. The first-order chi connectivity index (χ1) is 12.2. The second-order valence-corrected chi connectivity index (χ2v) is 6.29. The summed E-state index contributed by atoms with van der Waals surface area (Å²) in [5.74, 6) is -2.35. The van der Waals surface area contributed by atoms with Crippen LogP contribution in [0, 0.1) is 11.7 Å². The lowest BCUT2D eigenvalue weighted by molar-refractivity contribution is -0.148. The van der Waals surface area contributed by atoms with E-state index in [0.29, 0.717) is 12.0 Å². The highest BCUT2D eigenvalue weighted by atomic mass is 35.5. The Bertz CT molecular complexity index is 690. The molecule has 0 aliphatic rings. The monoisotopic (exact) mass is 385 g/mol. The van der Waals surface area contributed by atoms with Gasteiger partial charge >= 0.3 is 11.9 Å². The molecule has 0 unspecified atom stereocenters. The summed E-state index contributed by atoms with van der Waals surface area (Å²) in [6.07, 6.45) is 2.86. The van der Waals surface area contributed by atoms with Crippen molar-refractivity contribution in [3.63, 3.8) is 0 Å². The van der Waals surface area contributed by atoms with Crippen LogP contribution >= 0.6 is 11.6 Å². The van der Waals surface area contributed by atoms with Crippen molar-refractivity contribution in [2.75, 3.05) is 13.7 Å². The van der Waals surface area contributed by atoms with Crippen LogP contribution in [-0.4, -0.2) is 37.6 Å². The molecule has 8 heteroatoms. The number of hydrogen-bond acceptors (Lipinski definition) is 5. The van der Waals surface area contributed by atoms with E-state index in [-0.39, 0.29) is 10.9 Å². The van der Waals surface area contributed by atoms with E-state index in [9.17, 15) is 18.8 Å². The average molecular weight is 386 g/mol. The zero-order chi connectivity index (χ0) is 19.7. The molecule has 0 heterocycles. The molecular weight excluding hydrogens is 365 g/mol. The summed E-state index contributed by atoms with van der Waals surface area (Å²) in [6, 6.07) is 3.15. The number of benzene rings is 1. The summed E-state index contributed by atoms with van der Waals surface area (Å²) < 4.78 is 22.5. The topological polar surface area (TPSA) is 81.7 Å². The maximum Gasteiger partial charge on any atom is 0.331 e. The van der Waals surface area contributed by atoms with Crippen LogP contribution in [0.5, 0.6) is 0 Å². The number of esters is 2. The van der Waals surface area contributed by atoms with Crippen LogP contribution in [0.25, 0.3) is 6.08 Å². The molecule has 1 atom stereocenters. The molecule has 142 valence electrons. The number of hydrogen-bond donors (Lipinski definition) is 1. The van der Waals surface area contributed by atoms with E-state index in [1.54, 1.807) is 0 Å². The lowest BCUT2D eigenvalue weighted by Crippen LogP contribution is -2.44. The third kappa shape index (κ3) is 7.65. The molecule has 0 aromatic heterocycles. The van der Waals surface area contributed by atoms with Gasteiger partial charge < -0.3 is 14.8 Å². The van der Waals surface area contributed by atoms with Gasteiger partial charge in [-0.05, 0) is 36.1 Å². The normalized spacial score (nSPS) is 12.1. The Kier molecular flexibility index (Phi) is 8.78. The summed E-state index contributed by atoms with van der Waals surface area (Å²) >= 11 is 5.64. The first-order valence-corrected chi connectivity index (χ1v) is 8.27. The van der Waals surface area contributed by atoms with E-state index in [4.69, 9.17) is 16.3 Å². The Labute approximate surface area is 156 Å². The van der Waals surface area contributed by atoms with Crippen molar-refractivity contribution in [3.8, 4) is 0 Å². The largest absolute Gasteiger partial charge is 0.467 e. The lowest BCUT2D eigenvalue weighted by Gasteiger charge is -2.18. The van der Waals surface area contributed by atoms with Crippen LogP contribution < -0.4 is 5.32 Å². The minimum atomic E-state index is -0.803. The third-order valence-corrected chi connectivity index (χ3v) is 3.52. The molecular formula is C18H21ClFNO5. The van der Waals surface area contributed by atoms with Crippen molar-refractivity contribution in [1.29, 1.82) is 0 Å². The molecule has 26 heavy (non-hydrogen) atoms. The number of ether oxygens (including phenoxy) is 2. The van der Waals surface area contributed by atoms with Gasteiger partial charge in [0, 0.05) is 6.08 Å². The van der Waals surface area contributed by atoms with Crippen molar-refractivity contribution in [1.82, 2.24) is 5.32 Å². The summed E-state index contributed by atoms with van der Waals surface area (Å²) in [4.78, 5) is 35.1. The first kappa shape index (κ1) is 21.6. The number of amides is 1.